The summed E-state index contributed by atoms with van der Waals surface area (Å²) < 4.78 is 22.7. The molecule has 1 aromatic rings. The van der Waals surface area contributed by atoms with Gasteiger partial charge in [0, 0.05) is 18.4 Å². The van der Waals surface area contributed by atoms with Crippen molar-refractivity contribution in [2.24, 2.45) is 21.1 Å². The topological polar surface area (TPSA) is 38.7 Å². The van der Waals surface area contributed by atoms with E-state index in [0.29, 0.717) is 5.92 Å². The zero-order valence-electron chi connectivity index (χ0n) is 14.8. The van der Waals surface area contributed by atoms with Crippen LogP contribution in [-0.4, -0.2) is 28.5 Å². The van der Waals surface area contributed by atoms with Crippen LogP contribution in [0.5, 0.6) is 0 Å². The molecule has 0 aliphatic heterocycles. The first kappa shape index (κ1) is 17.4. The van der Waals surface area contributed by atoms with Crippen LogP contribution < -0.4 is 0 Å². The Morgan fingerprint density at radius 2 is 2.00 bits per heavy atom. The molecule has 128 valence electrons. The highest BCUT2D eigenvalue weighted by molar-refractivity contribution is 7.84. The van der Waals surface area contributed by atoms with Crippen molar-refractivity contribution in [3.05, 3.63) is 41.6 Å². The summed E-state index contributed by atoms with van der Waals surface area (Å²) in [6.45, 7) is 6.83. The Labute approximate surface area is 147 Å². The van der Waals surface area contributed by atoms with Gasteiger partial charge in [0.15, 0.2) is 11.0 Å². The van der Waals surface area contributed by atoms with Gasteiger partial charge in [-0.3, -0.25) is 0 Å². The van der Waals surface area contributed by atoms with Crippen molar-refractivity contribution in [2.45, 2.75) is 45.0 Å². The molecule has 2 bridgehead atoms. The Morgan fingerprint density at radius 3 is 2.67 bits per heavy atom. The highest BCUT2D eigenvalue weighted by Gasteiger charge is 2.68. The van der Waals surface area contributed by atoms with Crippen LogP contribution in [0, 0.1) is 16.7 Å². The predicted octanol–water partition coefficient (Wildman–Crippen LogP) is 4.03. The van der Waals surface area contributed by atoms with Gasteiger partial charge in [-0.25, -0.2) is 4.21 Å². The molecule has 3 rings (SSSR count). The molecule has 24 heavy (non-hydrogen) atoms. The summed E-state index contributed by atoms with van der Waals surface area (Å²) in [4.78, 5) is 0. The predicted molar refractivity (Wildman–Crippen MR) is 99.2 cm³/mol. The zero-order chi connectivity index (χ0) is 17.4. The van der Waals surface area contributed by atoms with Gasteiger partial charge in [0.05, 0.1) is 11.4 Å². The van der Waals surface area contributed by atoms with E-state index in [4.69, 9.17) is 4.74 Å². The fourth-order valence-electron chi connectivity index (χ4n) is 4.66. The largest absolute Gasteiger partial charge is 0.380 e. The Hall–Kier alpha value is -1.44. The second-order valence-electron chi connectivity index (χ2n) is 7.58. The van der Waals surface area contributed by atoms with Crippen LogP contribution in [0.1, 0.15) is 39.2 Å². The molecule has 0 N–H and O–H groups in total. The molecule has 1 aromatic carbocycles. The number of methoxy groups -OCH3 is 1. The molecule has 2 saturated carbocycles. The van der Waals surface area contributed by atoms with E-state index >= 15 is 0 Å². The Bertz CT molecular complexity index is 729. The van der Waals surface area contributed by atoms with E-state index < -0.39 is 11.0 Å². The van der Waals surface area contributed by atoms with Gasteiger partial charge in [0.2, 0.25) is 0 Å². The molecule has 2 aliphatic rings. The van der Waals surface area contributed by atoms with E-state index in [1.807, 2.05) is 30.3 Å². The summed E-state index contributed by atoms with van der Waals surface area (Å²) in [5.74, 6) is 3.09. The fraction of sp³-hybridized carbons (Fsp3) is 0.550. The third-order valence-corrected chi connectivity index (χ3v) is 7.73. The van der Waals surface area contributed by atoms with Crippen molar-refractivity contribution in [1.82, 2.24) is 0 Å². The maximum atomic E-state index is 12.8. The van der Waals surface area contributed by atoms with E-state index in [2.05, 4.69) is 36.8 Å². The molecule has 0 amide bonds. The number of rotatable bonds is 4. The average molecular weight is 343 g/mol. The monoisotopic (exact) mass is 343 g/mol. The number of fused-ring (bicyclic) bond motifs is 2. The number of hydrogen-bond donors (Lipinski definition) is 0. The lowest BCUT2D eigenvalue weighted by atomic mass is 9.70. The van der Waals surface area contributed by atoms with Crippen LogP contribution in [-0.2, 0) is 15.7 Å². The van der Waals surface area contributed by atoms with E-state index in [1.54, 1.807) is 13.2 Å². The van der Waals surface area contributed by atoms with E-state index in [-0.39, 0.29) is 22.2 Å². The minimum absolute atomic E-state index is 0.0178. The minimum Gasteiger partial charge on any atom is -0.380 e. The molecule has 0 heterocycles. The van der Waals surface area contributed by atoms with Gasteiger partial charge in [-0.1, -0.05) is 51.1 Å². The number of nitrogens with zero attached hydrogens (tertiary/aromatic N) is 1. The van der Waals surface area contributed by atoms with Crippen molar-refractivity contribution < 1.29 is 8.95 Å². The first-order valence-corrected chi connectivity index (χ1v) is 9.62. The van der Waals surface area contributed by atoms with E-state index in [1.165, 1.54) is 0 Å². The normalized spacial score (nSPS) is 34.2. The maximum absolute atomic E-state index is 12.8. The average Bonchev–Trinajstić information content (AvgIpc) is 2.90. The SMILES string of the molecule is CO[C@@H]1[C@H](S(=O)N=C=C=Cc2ccccc2)[C@H]2CC[C@]1(C)C2(C)C. The summed E-state index contributed by atoms with van der Waals surface area (Å²) in [6, 6.07) is 9.85. The molecule has 4 heteroatoms. The van der Waals surface area contributed by atoms with Crippen molar-refractivity contribution in [2.75, 3.05) is 7.11 Å². The summed E-state index contributed by atoms with van der Waals surface area (Å²) in [6.07, 6.45) is 4.00. The standard InChI is InChI=1S/C20H25NO2S/c1-19(2)16-12-13-20(19,3)18(23-4)17(16)24(22)21-14-8-11-15-9-6-5-7-10-15/h5-7,9-11,16-18H,12-13H2,1-4H3/t16-,17-,18-,20+,24?/m1/s1. The lowest BCUT2D eigenvalue weighted by Crippen LogP contribution is -2.42. The van der Waals surface area contributed by atoms with Gasteiger partial charge >= 0.3 is 0 Å². The van der Waals surface area contributed by atoms with Gasteiger partial charge < -0.3 is 4.74 Å². The molecule has 5 atom stereocenters. The molecule has 0 aromatic heterocycles. The van der Waals surface area contributed by atoms with Crippen molar-refractivity contribution in [1.29, 1.82) is 0 Å². The third kappa shape index (κ3) is 2.64. The van der Waals surface area contributed by atoms with Gasteiger partial charge in [0.1, 0.15) is 0 Å². The van der Waals surface area contributed by atoms with Crippen LogP contribution in [0.2, 0.25) is 0 Å². The van der Waals surface area contributed by atoms with Gasteiger partial charge in [-0.05, 0) is 41.5 Å². The molecule has 0 saturated heterocycles. The molecule has 0 spiro atoms. The Balaban J connectivity index is 1.83. The number of hydrogen-bond acceptors (Lipinski definition) is 2. The van der Waals surface area contributed by atoms with Crippen molar-refractivity contribution in [3.8, 4) is 0 Å². The lowest BCUT2D eigenvalue weighted by Gasteiger charge is -2.38. The van der Waals surface area contributed by atoms with Crippen LogP contribution in [0.3, 0.4) is 0 Å². The minimum atomic E-state index is -1.35. The molecule has 0 radical (unpaired) electrons. The van der Waals surface area contributed by atoms with Crippen molar-refractivity contribution in [3.63, 3.8) is 0 Å². The second kappa shape index (κ2) is 6.46. The van der Waals surface area contributed by atoms with Crippen LogP contribution in [0.25, 0.3) is 6.08 Å². The Kier molecular flexibility index (Phi) is 4.68. The summed E-state index contributed by atoms with van der Waals surface area (Å²) in [5.41, 5.74) is 4.09. The van der Waals surface area contributed by atoms with E-state index in [9.17, 15) is 4.21 Å². The number of ether oxygens (including phenoxy) is 1. The summed E-state index contributed by atoms with van der Waals surface area (Å²) in [5, 5.41) is -0.0604. The van der Waals surface area contributed by atoms with Gasteiger partial charge in [-0.2, -0.15) is 0 Å². The van der Waals surface area contributed by atoms with Crippen LogP contribution in [0.15, 0.2) is 40.5 Å². The first-order valence-electron chi connectivity index (χ1n) is 8.45. The highest BCUT2D eigenvalue weighted by atomic mass is 32.2. The quantitative estimate of drug-likeness (QED) is 0.611. The molecule has 3 nitrogen and oxygen atoms in total. The molecular weight excluding hydrogens is 318 g/mol. The highest BCUT2D eigenvalue weighted by Crippen LogP contribution is 2.67. The summed E-state index contributed by atoms with van der Waals surface area (Å²) in [7, 11) is 0.379. The van der Waals surface area contributed by atoms with Gasteiger partial charge in [-0.15, -0.1) is 4.40 Å². The van der Waals surface area contributed by atoms with Crippen molar-refractivity contribution >= 4 is 22.9 Å². The molecule has 2 fully saturated rings. The second-order valence-corrected chi connectivity index (χ2v) is 8.86. The van der Waals surface area contributed by atoms with Crippen LogP contribution >= 0.6 is 0 Å². The smallest absolute Gasteiger partial charge is 0.154 e. The van der Waals surface area contributed by atoms with E-state index in [0.717, 1.165) is 18.4 Å². The van der Waals surface area contributed by atoms with Crippen LogP contribution in [0.4, 0.5) is 0 Å². The maximum Gasteiger partial charge on any atom is 0.154 e. The van der Waals surface area contributed by atoms with Gasteiger partial charge in [0.25, 0.3) is 0 Å². The zero-order valence-corrected chi connectivity index (χ0v) is 15.6. The lowest BCUT2D eigenvalue weighted by molar-refractivity contribution is -0.0181. The molecular formula is C20H25NO2S. The third-order valence-electron chi connectivity index (χ3n) is 6.42. The summed E-state index contributed by atoms with van der Waals surface area (Å²) >= 11 is 0. The Morgan fingerprint density at radius 1 is 1.29 bits per heavy atom. The molecule has 1 unspecified atom stereocenters. The molecule has 2 aliphatic carbocycles. The number of benzene rings is 1. The fourth-order valence-corrected chi connectivity index (χ4v) is 6.30. The first-order chi connectivity index (χ1) is 11.4.